The summed E-state index contributed by atoms with van der Waals surface area (Å²) in [7, 11) is 0. The molecule has 0 aromatic heterocycles. The Morgan fingerprint density at radius 1 is 1.00 bits per heavy atom. The van der Waals surface area contributed by atoms with Crippen molar-refractivity contribution in [3.8, 4) is 0 Å². The molecule has 1 rings (SSSR count). The molecule has 29 heavy (non-hydrogen) atoms. The Balaban J connectivity index is -0.000000856. The van der Waals surface area contributed by atoms with E-state index in [1.165, 1.54) is 44.6 Å². The van der Waals surface area contributed by atoms with Crippen LogP contribution in [0, 0.1) is 17.8 Å². The van der Waals surface area contributed by atoms with Crippen LogP contribution in [-0.4, -0.2) is 5.78 Å². The van der Waals surface area contributed by atoms with E-state index in [1.807, 2.05) is 19.9 Å². The summed E-state index contributed by atoms with van der Waals surface area (Å²) in [6.45, 7) is 27.6. The second-order valence-corrected chi connectivity index (χ2v) is 7.37. The van der Waals surface area contributed by atoms with Gasteiger partial charge in [0.2, 0.25) is 0 Å². The number of hydrogen-bond acceptors (Lipinski definition) is 1. The number of allylic oxidation sites excluding steroid dienone is 3. The van der Waals surface area contributed by atoms with Crippen LogP contribution < -0.4 is 0 Å². The van der Waals surface area contributed by atoms with Gasteiger partial charge in [0.15, 0.2) is 5.78 Å². The third-order valence-corrected chi connectivity index (χ3v) is 5.12. The van der Waals surface area contributed by atoms with Gasteiger partial charge in [0.25, 0.3) is 0 Å². The molecule has 0 spiro atoms. The molecule has 1 atom stereocenters. The fourth-order valence-electron chi connectivity index (χ4n) is 3.67. The molecule has 1 nitrogen and oxygen atoms in total. The SMILES string of the molecule is C=C.C=C=C(C=C)CCC1CCC(CC(CCC)C(=O)C=C)CC1.CC.CCC. The summed E-state index contributed by atoms with van der Waals surface area (Å²) in [5, 5.41) is 0. The Kier molecular flexibility index (Phi) is 27.0. The third-order valence-electron chi connectivity index (χ3n) is 5.12. The average molecular weight is 403 g/mol. The van der Waals surface area contributed by atoms with Crippen LogP contribution in [0.5, 0.6) is 0 Å². The van der Waals surface area contributed by atoms with Crippen molar-refractivity contribution in [1.82, 2.24) is 0 Å². The van der Waals surface area contributed by atoms with E-state index >= 15 is 0 Å². The van der Waals surface area contributed by atoms with E-state index in [0.717, 1.165) is 43.1 Å². The van der Waals surface area contributed by atoms with E-state index < -0.39 is 0 Å². The Bertz CT molecular complexity index is 445. The number of carbonyl (C=O) groups is 1. The predicted molar refractivity (Wildman–Crippen MR) is 134 cm³/mol. The van der Waals surface area contributed by atoms with E-state index in [0.29, 0.717) is 0 Å². The molecule has 168 valence electrons. The zero-order valence-corrected chi connectivity index (χ0v) is 20.4. The third kappa shape index (κ3) is 17.0. The Morgan fingerprint density at radius 3 is 1.86 bits per heavy atom. The first-order chi connectivity index (χ1) is 14.1. The highest BCUT2D eigenvalue weighted by molar-refractivity contribution is 5.91. The molecule has 1 fully saturated rings. The minimum absolute atomic E-state index is 0.208. The van der Waals surface area contributed by atoms with Gasteiger partial charge in [-0.2, -0.15) is 0 Å². The largest absolute Gasteiger partial charge is 0.295 e. The molecule has 0 aromatic carbocycles. The molecule has 1 heteroatoms. The van der Waals surface area contributed by atoms with Gasteiger partial charge in [-0.15, -0.1) is 18.9 Å². The lowest BCUT2D eigenvalue weighted by molar-refractivity contribution is -0.119. The van der Waals surface area contributed by atoms with Gasteiger partial charge < -0.3 is 0 Å². The number of rotatable bonds is 10. The zero-order valence-electron chi connectivity index (χ0n) is 20.4. The van der Waals surface area contributed by atoms with Crippen LogP contribution in [0.3, 0.4) is 0 Å². The molecule has 0 N–H and O–H groups in total. The monoisotopic (exact) mass is 402 g/mol. The lowest BCUT2D eigenvalue weighted by atomic mass is 9.75. The molecule has 1 saturated carbocycles. The van der Waals surface area contributed by atoms with E-state index in [-0.39, 0.29) is 11.7 Å². The topological polar surface area (TPSA) is 17.1 Å². The first-order valence-corrected chi connectivity index (χ1v) is 11.7. The van der Waals surface area contributed by atoms with Crippen molar-refractivity contribution in [2.75, 3.05) is 0 Å². The van der Waals surface area contributed by atoms with Crippen molar-refractivity contribution in [1.29, 1.82) is 0 Å². The van der Waals surface area contributed by atoms with Crippen LogP contribution in [0.2, 0.25) is 0 Å². The lowest BCUT2D eigenvalue weighted by Crippen LogP contribution is -2.21. The minimum atomic E-state index is 0.208. The van der Waals surface area contributed by atoms with Crippen LogP contribution >= 0.6 is 0 Å². The molecule has 0 radical (unpaired) electrons. The Morgan fingerprint density at radius 2 is 1.48 bits per heavy atom. The molecular formula is C28H50O. The van der Waals surface area contributed by atoms with Crippen LogP contribution in [0.1, 0.15) is 98.8 Å². The van der Waals surface area contributed by atoms with Gasteiger partial charge in [-0.1, -0.05) is 99.0 Å². The van der Waals surface area contributed by atoms with E-state index in [4.69, 9.17) is 0 Å². The molecule has 0 saturated heterocycles. The van der Waals surface area contributed by atoms with Crippen molar-refractivity contribution in [2.24, 2.45) is 17.8 Å². The second kappa shape index (κ2) is 24.4. The highest BCUT2D eigenvalue weighted by Gasteiger charge is 2.25. The summed E-state index contributed by atoms with van der Waals surface area (Å²) in [6.07, 6.45) is 15.2. The smallest absolute Gasteiger partial charge is 0.158 e. The minimum Gasteiger partial charge on any atom is -0.295 e. The van der Waals surface area contributed by atoms with Gasteiger partial charge in [-0.3, -0.25) is 4.79 Å². The summed E-state index contributed by atoms with van der Waals surface area (Å²) >= 11 is 0. The van der Waals surface area contributed by atoms with Crippen molar-refractivity contribution in [2.45, 2.75) is 98.8 Å². The summed E-state index contributed by atoms with van der Waals surface area (Å²) in [5.74, 6) is 2.00. The van der Waals surface area contributed by atoms with Gasteiger partial charge >= 0.3 is 0 Å². The Labute approximate surface area is 183 Å². The maximum atomic E-state index is 11.9. The van der Waals surface area contributed by atoms with Crippen molar-refractivity contribution >= 4 is 5.78 Å². The number of hydrogen-bond donors (Lipinski definition) is 0. The van der Waals surface area contributed by atoms with Gasteiger partial charge in [-0.05, 0) is 49.2 Å². The first kappa shape index (κ1) is 32.1. The van der Waals surface area contributed by atoms with Gasteiger partial charge in [0.1, 0.15) is 0 Å². The summed E-state index contributed by atoms with van der Waals surface area (Å²) < 4.78 is 0. The van der Waals surface area contributed by atoms with Gasteiger partial charge in [0, 0.05) is 5.92 Å². The van der Waals surface area contributed by atoms with Crippen LogP contribution in [0.25, 0.3) is 0 Å². The fraction of sp³-hybridized carbons (Fsp3) is 0.643. The summed E-state index contributed by atoms with van der Waals surface area (Å²) in [5.41, 5.74) is 4.10. The average Bonchev–Trinajstić information content (AvgIpc) is 2.78. The molecule has 0 amide bonds. The molecule has 0 aliphatic heterocycles. The van der Waals surface area contributed by atoms with Gasteiger partial charge in [0.05, 0.1) is 0 Å². The second-order valence-electron chi connectivity index (χ2n) is 7.37. The highest BCUT2D eigenvalue weighted by atomic mass is 16.1. The molecular weight excluding hydrogens is 352 g/mol. The van der Waals surface area contributed by atoms with Crippen molar-refractivity contribution in [3.05, 3.63) is 56.4 Å². The maximum absolute atomic E-state index is 11.9. The molecule has 0 aromatic rings. The van der Waals surface area contributed by atoms with Crippen molar-refractivity contribution in [3.63, 3.8) is 0 Å². The first-order valence-electron chi connectivity index (χ1n) is 11.7. The fourth-order valence-corrected chi connectivity index (χ4v) is 3.67. The zero-order chi connectivity index (χ0) is 23.1. The van der Waals surface area contributed by atoms with E-state index in [1.54, 1.807) is 0 Å². The highest BCUT2D eigenvalue weighted by Crippen LogP contribution is 2.36. The van der Waals surface area contributed by atoms with E-state index in [2.05, 4.69) is 59.4 Å². The van der Waals surface area contributed by atoms with E-state index in [9.17, 15) is 4.79 Å². The molecule has 0 bridgehead atoms. The van der Waals surface area contributed by atoms with Crippen LogP contribution in [0.15, 0.2) is 56.4 Å². The lowest BCUT2D eigenvalue weighted by Gasteiger charge is -2.30. The van der Waals surface area contributed by atoms with Gasteiger partial charge in [-0.25, -0.2) is 0 Å². The van der Waals surface area contributed by atoms with Crippen molar-refractivity contribution < 1.29 is 4.79 Å². The number of ketones is 1. The molecule has 1 unspecified atom stereocenters. The normalized spacial score (nSPS) is 18.0. The summed E-state index contributed by atoms with van der Waals surface area (Å²) in [4.78, 5) is 11.9. The number of carbonyl (C=O) groups excluding carboxylic acids is 1. The predicted octanol–water partition coefficient (Wildman–Crippen LogP) is 9.28. The molecule has 0 heterocycles. The standard InChI is InChI=1S/C21H32O.C3H8.C2H6.C2H4/c1-5-9-20(21(22)8-4)16-19-14-12-18(13-15-19)11-10-17(6-2)7-3;1-3-2;2*1-2/h6,8,18-20H,2-5,9-16H2,1H3;3H2,1-2H3;1-2H3;1-2H2. The summed E-state index contributed by atoms with van der Waals surface area (Å²) in [6, 6.07) is 0. The van der Waals surface area contributed by atoms with Crippen LogP contribution in [0.4, 0.5) is 0 Å². The Hall–Kier alpha value is -1.59. The maximum Gasteiger partial charge on any atom is 0.158 e. The molecule has 1 aliphatic rings. The quantitative estimate of drug-likeness (QED) is 0.154. The van der Waals surface area contributed by atoms with Crippen LogP contribution in [-0.2, 0) is 4.79 Å². The molecule has 1 aliphatic carbocycles.